The van der Waals surface area contributed by atoms with Gasteiger partial charge < -0.3 is 10.2 Å². The number of para-hydroxylation sites is 1. The number of carbonyl (C=O) groups is 1. The zero-order valence-corrected chi connectivity index (χ0v) is 9.30. The van der Waals surface area contributed by atoms with Crippen LogP contribution in [0.5, 0.6) is 5.75 Å². The van der Waals surface area contributed by atoms with Gasteiger partial charge in [0.1, 0.15) is 11.3 Å². The van der Waals surface area contributed by atoms with Crippen LogP contribution in [0.3, 0.4) is 0 Å². The Labute approximate surface area is 101 Å². The monoisotopic (exact) mass is 226 g/mol. The first kappa shape index (κ1) is 11.0. The molecule has 0 bridgehead atoms. The zero-order chi connectivity index (χ0) is 7.56. The van der Waals surface area contributed by atoms with E-state index in [4.69, 9.17) is 10.2 Å². The van der Waals surface area contributed by atoms with Crippen LogP contribution in [-0.4, -0.2) is 61.7 Å². The third-order valence-electron chi connectivity index (χ3n) is 1.13. The molecule has 4 heteroatoms. The standard InChI is InChI=1S/C7H6O3.Sr/c8-6-4-2-1-3-5(6)7(9)10;/h1-4,8H,(H,9,10);. The minimum atomic E-state index is -1.11. The molecule has 1 rings (SSSR count). The van der Waals surface area contributed by atoms with Crippen molar-refractivity contribution in [2.75, 3.05) is 0 Å². The van der Waals surface area contributed by atoms with E-state index >= 15 is 0 Å². The maximum Gasteiger partial charge on any atom is 0.339 e. The van der Waals surface area contributed by atoms with Gasteiger partial charge in [-0.3, -0.25) is 0 Å². The number of phenols is 1. The van der Waals surface area contributed by atoms with Crippen LogP contribution >= 0.6 is 0 Å². The Morgan fingerprint density at radius 2 is 1.82 bits per heavy atom. The van der Waals surface area contributed by atoms with Crippen LogP contribution in [0.25, 0.3) is 0 Å². The van der Waals surface area contributed by atoms with Gasteiger partial charge >= 0.3 is 5.97 Å². The van der Waals surface area contributed by atoms with Crippen LogP contribution in [-0.2, 0) is 0 Å². The molecule has 54 valence electrons. The fraction of sp³-hybridized carbons (Fsp3) is 0. The SMILES string of the molecule is O=C(O)c1ccccc1O.[Sr]. The van der Waals surface area contributed by atoms with Gasteiger partial charge in [-0.15, -0.1) is 0 Å². The average molecular weight is 226 g/mol. The fourth-order valence-electron chi connectivity index (χ4n) is 0.654. The van der Waals surface area contributed by atoms with Gasteiger partial charge in [-0.05, 0) is 12.1 Å². The normalized spacial score (nSPS) is 8.36. The van der Waals surface area contributed by atoms with E-state index in [1.165, 1.54) is 12.1 Å². The summed E-state index contributed by atoms with van der Waals surface area (Å²) in [5, 5.41) is 17.3. The van der Waals surface area contributed by atoms with Crippen LogP contribution in [0.15, 0.2) is 24.3 Å². The van der Waals surface area contributed by atoms with Crippen molar-refractivity contribution in [1.82, 2.24) is 0 Å². The maximum absolute atomic E-state index is 10.3. The second kappa shape index (κ2) is 4.77. The van der Waals surface area contributed by atoms with Crippen LogP contribution in [0.2, 0.25) is 0 Å². The van der Waals surface area contributed by atoms with Gasteiger partial charge in [-0.25, -0.2) is 4.79 Å². The first-order valence-electron chi connectivity index (χ1n) is 2.73. The van der Waals surface area contributed by atoms with E-state index in [9.17, 15) is 4.79 Å². The Morgan fingerprint density at radius 1 is 1.27 bits per heavy atom. The average Bonchev–Trinajstić information content (AvgIpc) is 1.88. The van der Waals surface area contributed by atoms with Crippen molar-refractivity contribution >= 4 is 51.5 Å². The Morgan fingerprint density at radius 3 is 2.18 bits per heavy atom. The summed E-state index contributed by atoms with van der Waals surface area (Å²) in [5.41, 5.74) is -0.0671. The van der Waals surface area contributed by atoms with Crippen LogP contribution in [0, 0.1) is 0 Å². The van der Waals surface area contributed by atoms with E-state index in [-0.39, 0.29) is 56.8 Å². The Bertz CT molecular complexity index is 260. The van der Waals surface area contributed by atoms with Crippen LogP contribution in [0.4, 0.5) is 0 Å². The smallest absolute Gasteiger partial charge is 0.339 e. The molecular formula is C7H6O3Sr. The van der Waals surface area contributed by atoms with E-state index in [0.717, 1.165) is 0 Å². The molecule has 0 aliphatic rings. The second-order valence-corrected chi connectivity index (χ2v) is 1.82. The van der Waals surface area contributed by atoms with Gasteiger partial charge in [0.05, 0.1) is 0 Å². The van der Waals surface area contributed by atoms with Crippen molar-refractivity contribution in [3.63, 3.8) is 0 Å². The van der Waals surface area contributed by atoms with Crippen molar-refractivity contribution in [3.8, 4) is 5.75 Å². The molecule has 0 spiro atoms. The van der Waals surface area contributed by atoms with Crippen LogP contribution < -0.4 is 0 Å². The predicted octanol–water partition coefficient (Wildman–Crippen LogP) is 0.710. The van der Waals surface area contributed by atoms with E-state index in [1.807, 2.05) is 0 Å². The molecule has 0 saturated carbocycles. The fourth-order valence-corrected chi connectivity index (χ4v) is 0.654. The molecule has 0 aliphatic carbocycles. The summed E-state index contributed by atoms with van der Waals surface area (Å²) in [4.78, 5) is 10.3. The number of rotatable bonds is 1. The van der Waals surface area contributed by atoms with E-state index in [1.54, 1.807) is 12.1 Å². The third kappa shape index (κ3) is 2.83. The molecule has 0 saturated heterocycles. The van der Waals surface area contributed by atoms with Gasteiger partial charge in [0.15, 0.2) is 0 Å². The summed E-state index contributed by atoms with van der Waals surface area (Å²) in [7, 11) is 0. The predicted molar refractivity (Wildman–Crippen MR) is 40.8 cm³/mol. The third-order valence-corrected chi connectivity index (χ3v) is 1.13. The first-order chi connectivity index (χ1) is 4.72. The molecule has 0 atom stereocenters. The quantitative estimate of drug-likeness (QED) is 0.693. The molecule has 0 fully saturated rings. The number of carboxylic acids is 1. The van der Waals surface area contributed by atoms with Crippen molar-refractivity contribution < 1.29 is 15.0 Å². The Balaban J connectivity index is 0.000001000. The van der Waals surface area contributed by atoms with Crippen molar-refractivity contribution in [1.29, 1.82) is 0 Å². The van der Waals surface area contributed by atoms with Crippen molar-refractivity contribution in [2.24, 2.45) is 0 Å². The summed E-state index contributed by atoms with van der Waals surface area (Å²) < 4.78 is 0. The van der Waals surface area contributed by atoms with Gasteiger partial charge in [0.2, 0.25) is 0 Å². The first-order valence-corrected chi connectivity index (χ1v) is 2.73. The summed E-state index contributed by atoms with van der Waals surface area (Å²) in [6, 6.07) is 5.81. The van der Waals surface area contributed by atoms with Crippen molar-refractivity contribution in [2.45, 2.75) is 0 Å². The topological polar surface area (TPSA) is 57.5 Å². The zero-order valence-electron chi connectivity index (χ0n) is 5.82. The molecule has 0 unspecified atom stereocenters. The number of benzene rings is 1. The number of hydrogen-bond acceptors (Lipinski definition) is 2. The van der Waals surface area contributed by atoms with E-state index in [0.29, 0.717) is 0 Å². The van der Waals surface area contributed by atoms with Crippen LogP contribution in [0.1, 0.15) is 10.4 Å². The molecule has 11 heavy (non-hydrogen) atoms. The summed E-state index contributed by atoms with van der Waals surface area (Å²) in [6.07, 6.45) is 0. The van der Waals surface area contributed by atoms with Gasteiger partial charge in [0, 0.05) is 45.5 Å². The number of hydrogen-bond donors (Lipinski definition) is 2. The van der Waals surface area contributed by atoms with Gasteiger partial charge in [-0.2, -0.15) is 0 Å². The Hall–Kier alpha value is -0.0295. The minimum Gasteiger partial charge on any atom is -0.507 e. The van der Waals surface area contributed by atoms with Gasteiger partial charge in [0.25, 0.3) is 0 Å². The molecule has 0 aliphatic heterocycles. The molecule has 2 N–H and O–H groups in total. The molecule has 3 nitrogen and oxygen atoms in total. The van der Waals surface area contributed by atoms with E-state index < -0.39 is 5.97 Å². The van der Waals surface area contributed by atoms with Gasteiger partial charge in [-0.1, -0.05) is 12.1 Å². The molecular weight excluding hydrogens is 220 g/mol. The maximum atomic E-state index is 10.3. The number of aromatic carboxylic acids is 1. The van der Waals surface area contributed by atoms with Crippen molar-refractivity contribution in [3.05, 3.63) is 29.8 Å². The molecule has 2 radical (unpaired) electrons. The minimum absolute atomic E-state index is 0. The number of carboxylic acid groups (broad SMARTS) is 1. The number of aromatic hydroxyl groups is 1. The molecule has 0 heterocycles. The summed E-state index contributed by atoms with van der Waals surface area (Å²) in [6.45, 7) is 0. The molecule has 1 aromatic rings. The summed E-state index contributed by atoms with van der Waals surface area (Å²) in [5.74, 6) is -1.31. The summed E-state index contributed by atoms with van der Waals surface area (Å²) >= 11 is 0. The molecule has 1 aromatic carbocycles. The molecule has 0 amide bonds. The Kier molecular flexibility index (Phi) is 4.76. The molecule has 0 aromatic heterocycles. The second-order valence-electron chi connectivity index (χ2n) is 1.82. The largest absolute Gasteiger partial charge is 0.507 e. The van der Waals surface area contributed by atoms with E-state index in [2.05, 4.69) is 0 Å².